The molecule has 1 unspecified atom stereocenters. The molecule has 0 bridgehead atoms. The number of oxazole rings is 1. The van der Waals surface area contributed by atoms with Crippen LogP contribution in [0.2, 0.25) is 0 Å². The number of rotatable bonds is 6. The summed E-state index contributed by atoms with van der Waals surface area (Å²) >= 11 is 0. The Kier molecular flexibility index (Phi) is 5.38. The molecule has 0 radical (unpaired) electrons. The van der Waals surface area contributed by atoms with Crippen molar-refractivity contribution in [2.24, 2.45) is 5.73 Å². The molecule has 1 atom stereocenters. The lowest BCUT2D eigenvalue weighted by atomic mass is 10.1. The molecule has 0 saturated carbocycles. The van der Waals surface area contributed by atoms with E-state index >= 15 is 0 Å². The highest BCUT2D eigenvalue weighted by Crippen LogP contribution is 2.16. The molecule has 0 fully saturated rings. The van der Waals surface area contributed by atoms with Gasteiger partial charge in [0.25, 0.3) is 5.91 Å². The van der Waals surface area contributed by atoms with Gasteiger partial charge in [-0.1, -0.05) is 36.4 Å². The number of amides is 1. The second-order valence-corrected chi connectivity index (χ2v) is 5.75. The van der Waals surface area contributed by atoms with Crippen LogP contribution in [0, 0.1) is 11.6 Å². The van der Waals surface area contributed by atoms with E-state index in [1.54, 1.807) is 0 Å². The van der Waals surface area contributed by atoms with Gasteiger partial charge in [0.05, 0.1) is 6.04 Å². The fraction of sp³-hybridized carbons (Fsp3) is 0.158. The van der Waals surface area contributed by atoms with Gasteiger partial charge >= 0.3 is 0 Å². The Balaban J connectivity index is 1.62. The zero-order chi connectivity index (χ0) is 18.5. The molecule has 0 saturated heterocycles. The minimum absolute atomic E-state index is 0.000240. The number of carbonyl (C=O) groups excluding carboxylic acids is 1. The monoisotopic (exact) mass is 357 g/mol. The van der Waals surface area contributed by atoms with Crippen LogP contribution in [0.3, 0.4) is 0 Å². The van der Waals surface area contributed by atoms with Crippen molar-refractivity contribution in [2.75, 3.05) is 0 Å². The van der Waals surface area contributed by atoms with Crippen molar-refractivity contribution in [2.45, 2.75) is 19.0 Å². The van der Waals surface area contributed by atoms with Crippen molar-refractivity contribution >= 4 is 5.91 Å². The molecule has 0 aliphatic carbocycles. The molecule has 1 heterocycles. The number of benzene rings is 2. The summed E-state index contributed by atoms with van der Waals surface area (Å²) in [6, 6.07) is 12.6. The third-order valence-corrected chi connectivity index (χ3v) is 3.86. The molecular weight excluding hydrogens is 340 g/mol. The second-order valence-electron chi connectivity index (χ2n) is 5.75. The van der Waals surface area contributed by atoms with E-state index in [-0.39, 0.29) is 23.7 Å². The summed E-state index contributed by atoms with van der Waals surface area (Å²) in [4.78, 5) is 16.2. The van der Waals surface area contributed by atoms with E-state index in [9.17, 15) is 13.6 Å². The van der Waals surface area contributed by atoms with E-state index in [4.69, 9.17) is 10.2 Å². The molecule has 7 heteroatoms. The largest absolute Gasteiger partial charge is 0.446 e. The van der Waals surface area contributed by atoms with Gasteiger partial charge in [0.1, 0.15) is 17.9 Å². The predicted molar refractivity (Wildman–Crippen MR) is 91.1 cm³/mol. The molecule has 26 heavy (non-hydrogen) atoms. The Morgan fingerprint density at radius 3 is 2.50 bits per heavy atom. The summed E-state index contributed by atoms with van der Waals surface area (Å²) in [5, 5.41) is 2.42. The van der Waals surface area contributed by atoms with Crippen LogP contribution in [0.5, 0.6) is 0 Å². The molecular formula is C19H17F2N3O2. The highest BCUT2D eigenvalue weighted by atomic mass is 19.1. The van der Waals surface area contributed by atoms with Gasteiger partial charge < -0.3 is 15.5 Å². The predicted octanol–water partition coefficient (Wildman–Crippen LogP) is 3.13. The van der Waals surface area contributed by atoms with Crippen molar-refractivity contribution < 1.29 is 18.0 Å². The normalized spacial score (nSPS) is 12.0. The van der Waals surface area contributed by atoms with Gasteiger partial charge in [0, 0.05) is 12.1 Å². The summed E-state index contributed by atoms with van der Waals surface area (Å²) in [7, 11) is 0. The molecule has 3 aromatic rings. The van der Waals surface area contributed by atoms with Gasteiger partial charge in [-0.2, -0.15) is 0 Å². The lowest BCUT2D eigenvalue weighted by Crippen LogP contribution is -2.24. The topological polar surface area (TPSA) is 81.1 Å². The van der Waals surface area contributed by atoms with E-state index in [1.807, 2.05) is 30.3 Å². The summed E-state index contributed by atoms with van der Waals surface area (Å²) in [5.41, 5.74) is 6.85. The molecule has 3 rings (SSSR count). The van der Waals surface area contributed by atoms with Crippen molar-refractivity contribution in [3.05, 3.63) is 89.1 Å². The molecule has 0 spiro atoms. The average Bonchev–Trinajstić information content (AvgIpc) is 3.12. The van der Waals surface area contributed by atoms with Crippen LogP contribution in [0.1, 0.15) is 33.5 Å². The second kappa shape index (κ2) is 7.88. The SMILES string of the molecule is NC(Cc1ccccc1)c1nc(C(=O)NCc2c(F)cccc2F)co1. The maximum absolute atomic E-state index is 13.6. The van der Waals surface area contributed by atoms with E-state index in [1.165, 1.54) is 12.3 Å². The summed E-state index contributed by atoms with van der Waals surface area (Å²) < 4.78 is 32.4. The maximum atomic E-state index is 13.6. The first kappa shape index (κ1) is 17.8. The summed E-state index contributed by atoms with van der Waals surface area (Å²) in [6.07, 6.45) is 1.68. The summed E-state index contributed by atoms with van der Waals surface area (Å²) in [6.45, 7) is -0.296. The first-order chi connectivity index (χ1) is 12.5. The fourth-order valence-corrected chi connectivity index (χ4v) is 2.48. The lowest BCUT2D eigenvalue weighted by molar-refractivity contribution is 0.0945. The van der Waals surface area contributed by atoms with Gasteiger partial charge in [-0.25, -0.2) is 13.8 Å². The van der Waals surface area contributed by atoms with Crippen LogP contribution in [0.4, 0.5) is 8.78 Å². The van der Waals surface area contributed by atoms with Crippen LogP contribution in [-0.4, -0.2) is 10.9 Å². The number of aromatic nitrogens is 1. The number of nitrogens with two attached hydrogens (primary N) is 1. The first-order valence-electron chi connectivity index (χ1n) is 8.00. The third-order valence-electron chi connectivity index (χ3n) is 3.86. The van der Waals surface area contributed by atoms with Crippen LogP contribution < -0.4 is 11.1 Å². The van der Waals surface area contributed by atoms with Crippen molar-refractivity contribution in [1.29, 1.82) is 0 Å². The lowest BCUT2D eigenvalue weighted by Gasteiger charge is -2.07. The Morgan fingerprint density at radius 1 is 1.12 bits per heavy atom. The Hall–Kier alpha value is -3.06. The van der Waals surface area contributed by atoms with Crippen LogP contribution in [0.15, 0.2) is 59.2 Å². The zero-order valence-corrected chi connectivity index (χ0v) is 13.8. The van der Waals surface area contributed by atoms with Crippen molar-refractivity contribution in [3.8, 4) is 0 Å². The molecule has 0 aliphatic rings. The van der Waals surface area contributed by atoms with Gasteiger partial charge in [0.2, 0.25) is 5.89 Å². The van der Waals surface area contributed by atoms with E-state index in [0.717, 1.165) is 17.7 Å². The van der Waals surface area contributed by atoms with Crippen LogP contribution in [-0.2, 0) is 13.0 Å². The minimum Gasteiger partial charge on any atom is -0.446 e. The third kappa shape index (κ3) is 4.12. The molecule has 134 valence electrons. The molecule has 1 amide bonds. The smallest absolute Gasteiger partial charge is 0.273 e. The molecule has 0 aliphatic heterocycles. The number of nitrogens with one attached hydrogen (secondary N) is 1. The Morgan fingerprint density at radius 2 is 1.81 bits per heavy atom. The average molecular weight is 357 g/mol. The fourth-order valence-electron chi connectivity index (χ4n) is 2.48. The minimum atomic E-state index is -0.726. The van der Waals surface area contributed by atoms with E-state index < -0.39 is 23.6 Å². The van der Waals surface area contributed by atoms with Gasteiger partial charge in [-0.15, -0.1) is 0 Å². The number of nitrogens with zero attached hydrogens (tertiary/aromatic N) is 1. The van der Waals surface area contributed by atoms with Gasteiger partial charge in [-0.05, 0) is 24.1 Å². The standard InChI is InChI=1S/C19H17F2N3O2/c20-14-7-4-8-15(21)13(14)10-23-18(25)17-11-26-19(24-17)16(22)9-12-5-2-1-3-6-12/h1-8,11,16H,9-10,22H2,(H,23,25). The highest BCUT2D eigenvalue weighted by Gasteiger charge is 2.18. The molecule has 5 nitrogen and oxygen atoms in total. The maximum Gasteiger partial charge on any atom is 0.273 e. The number of hydrogen-bond donors (Lipinski definition) is 2. The molecule has 2 aromatic carbocycles. The zero-order valence-electron chi connectivity index (χ0n) is 13.8. The van der Waals surface area contributed by atoms with Gasteiger partial charge in [0.15, 0.2) is 5.69 Å². The molecule has 3 N–H and O–H groups in total. The van der Waals surface area contributed by atoms with Gasteiger partial charge in [-0.3, -0.25) is 4.79 Å². The van der Waals surface area contributed by atoms with E-state index in [2.05, 4.69) is 10.3 Å². The highest BCUT2D eigenvalue weighted by molar-refractivity contribution is 5.91. The number of halogens is 2. The van der Waals surface area contributed by atoms with Crippen LogP contribution >= 0.6 is 0 Å². The van der Waals surface area contributed by atoms with Crippen LogP contribution in [0.25, 0.3) is 0 Å². The number of hydrogen-bond acceptors (Lipinski definition) is 4. The number of carbonyl (C=O) groups is 1. The Bertz CT molecular complexity index is 877. The van der Waals surface area contributed by atoms with E-state index in [0.29, 0.717) is 6.42 Å². The first-order valence-corrected chi connectivity index (χ1v) is 8.00. The Labute approximate surface area is 148 Å². The molecule has 1 aromatic heterocycles. The summed E-state index contributed by atoms with van der Waals surface area (Å²) in [5.74, 6) is -1.84. The quantitative estimate of drug-likeness (QED) is 0.710. The van der Waals surface area contributed by atoms with Crippen molar-refractivity contribution in [3.63, 3.8) is 0 Å². The van der Waals surface area contributed by atoms with Crippen molar-refractivity contribution in [1.82, 2.24) is 10.3 Å².